The fraction of sp³-hybridized carbons (Fsp3) is 0.500. The Labute approximate surface area is 129 Å². The van der Waals surface area contributed by atoms with Crippen molar-refractivity contribution in [3.63, 3.8) is 0 Å². The maximum Gasteiger partial charge on any atom is 0.342 e. The number of nitrogens with zero attached hydrogens (tertiary/aromatic N) is 1. The van der Waals surface area contributed by atoms with Gasteiger partial charge in [0.1, 0.15) is 17.1 Å². The molecule has 1 fully saturated rings. The van der Waals surface area contributed by atoms with Gasteiger partial charge in [0.05, 0.1) is 0 Å². The van der Waals surface area contributed by atoms with Gasteiger partial charge >= 0.3 is 5.97 Å². The van der Waals surface area contributed by atoms with Crippen molar-refractivity contribution in [2.45, 2.75) is 45.2 Å². The summed E-state index contributed by atoms with van der Waals surface area (Å²) in [5.74, 6) is -1.55. The predicted octanol–water partition coefficient (Wildman–Crippen LogP) is 2.04. The molecule has 2 N–H and O–H groups in total. The number of ether oxygens (including phenoxy) is 1. The standard InChI is InChI=1S/C16H21NO5/c1-10-4-3-5-11(2)17(10)15(20)9-22-16(21)13-7-6-12(18)8-14(13)19/h6-8,10-11,18-19H,3-5,9H2,1-2H3/t10-,11+. The Morgan fingerprint density at radius 2 is 1.86 bits per heavy atom. The van der Waals surface area contributed by atoms with Gasteiger partial charge in [0.15, 0.2) is 6.61 Å². The molecular formula is C16H21NO5. The molecule has 0 aliphatic carbocycles. The number of amides is 1. The van der Waals surface area contributed by atoms with Gasteiger partial charge in [0.25, 0.3) is 5.91 Å². The molecule has 0 saturated carbocycles. The number of piperidine rings is 1. The number of hydrogen-bond acceptors (Lipinski definition) is 5. The summed E-state index contributed by atoms with van der Waals surface area (Å²) in [4.78, 5) is 25.9. The Kier molecular flexibility index (Phi) is 4.90. The highest BCUT2D eigenvalue weighted by Crippen LogP contribution is 2.24. The van der Waals surface area contributed by atoms with Crippen molar-refractivity contribution in [3.8, 4) is 11.5 Å². The molecule has 6 nitrogen and oxygen atoms in total. The van der Waals surface area contributed by atoms with Crippen LogP contribution >= 0.6 is 0 Å². The predicted molar refractivity (Wildman–Crippen MR) is 79.7 cm³/mol. The van der Waals surface area contributed by atoms with Crippen LogP contribution in [0.3, 0.4) is 0 Å². The highest BCUT2D eigenvalue weighted by atomic mass is 16.5. The summed E-state index contributed by atoms with van der Waals surface area (Å²) in [6, 6.07) is 3.85. The first kappa shape index (κ1) is 16.1. The van der Waals surface area contributed by atoms with Crippen LogP contribution in [-0.2, 0) is 9.53 Å². The van der Waals surface area contributed by atoms with Gasteiger partial charge in [-0.1, -0.05) is 0 Å². The summed E-state index contributed by atoms with van der Waals surface area (Å²) in [5.41, 5.74) is -0.0784. The van der Waals surface area contributed by atoms with Crippen LogP contribution in [0.15, 0.2) is 18.2 Å². The number of esters is 1. The van der Waals surface area contributed by atoms with Gasteiger partial charge in [-0.2, -0.15) is 0 Å². The van der Waals surface area contributed by atoms with E-state index in [2.05, 4.69) is 0 Å². The zero-order valence-electron chi connectivity index (χ0n) is 12.8. The van der Waals surface area contributed by atoms with Gasteiger partial charge in [-0.25, -0.2) is 4.79 Å². The third kappa shape index (κ3) is 3.50. The van der Waals surface area contributed by atoms with Crippen molar-refractivity contribution in [2.75, 3.05) is 6.61 Å². The molecule has 1 aromatic carbocycles. The number of aromatic hydroxyl groups is 2. The Morgan fingerprint density at radius 3 is 2.45 bits per heavy atom. The molecule has 0 unspecified atom stereocenters. The number of benzene rings is 1. The van der Waals surface area contributed by atoms with Crippen LogP contribution in [0.5, 0.6) is 11.5 Å². The van der Waals surface area contributed by atoms with E-state index in [0.717, 1.165) is 25.3 Å². The van der Waals surface area contributed by atoms with Crippen LogP contribution in [0.4, 0.5) is 0 Å². The molecule has 0 aromatic heterocycles. The number of carbonyl (C=O) groups is 2. The first-order chi connectivity index (χ1) is 10.4. The number of phenolic OH excluding ortho intramolecular Hbond substituents is 2. The number of likely N-dealkylation sites (tertiary alicyclic amines) is 1. The summed E-state index contributed by atoms with van der Waals surface area (Å²) in [5, 5.41) is 18.8. The van der Waals surface area contributed by atoms with Crippen molar-refractivity contribution < 1.29 is 24.5 Å². The Bertz CT molecular complexity index is 562. The summed E-state index contributed by atoms with van der Waals surface area (Å²) < 4.78 is 4.99. The molecule has 0 bridgehead atoms. The zero-order valence-corrected chi connectivity index (χ0v) is 12.8. The lowest BCUT2D eigenvalue weighted by Crippen LogP contribution is -2.49. The highest BCUT2D eigenvalue weighted by molar-refractivity contribution is 5.94. The van der Waals surface area contributed by atoms with Crippen LogP contribution in [0.2, 0.25) is 0 Å². The molecule has 120 valence electrons. The first-order valence-corrected chi connectivity index (χ1v) is 7.40. The van der Waals surface area contributed by atoms with Gasteiger partial charge in [-0.05, 0) is 45.2 Å². The lowest BCUT2D eigenvalue weighted by Gasteiger charge is -2.38. The van der Waals surface area contributed by atoms with E-state index in [4.69, 9.17) is 4.74 Å². The average molecular weight is 307 g/mol. The van der Waals surface area contributed by atoms with E-state index in [9.17, 15) is 19.8 Å². The molecule has 1 aliphatic heterocycles. The van der Waals surface area contributed by atoms with Crippen molar-refractivity contribution in [1.29, 1.82) is 0 Å². The summed E-state index contributed by atoms with van der Waals surface area (Å²) >= 11 is 0. The Morgan fingerprint density at radius 1 is 1.23 bits per heavy atom. The minimum Gasteiger partial charge on any atom is -0.508 e. The fourth-order valence-electron chi connectivity index (χ4n) is 2.89. The molecule has 1 amide bonds. The molecule has 6 heteroatoms. The maximum atomic E-state index is 12.2. The van der Waals surface area contributed by atoms with Crippen molar-refractivity contribution in [3.05, 3.63) is 23.8 Å². The molecular weight excluding hydrogens is 286 g/mol. The Hall–Kier alpha value is -2.24. The summed E-state index contributed by atoms with van der Waals surface area (Å²) in [7, 11) is 0. The second-order valence-electron chi connectivity index (χ2n) is 5.71. The summed E-state index contributed by atoms with van der Waals surface area (Å²) in [6.45, 7) is 3.62. The molecule has 2 rings (SSSR count). The topological polar surface area (TPSA) is 87.1 Å². The molecule has 1 aromatic rings. The smallest absolute Gasteiger partial charge is 0.342 e. The van der Waals surface area contributed by atoms with Crippen molar-refractivity contribution in [1.82, 2.24) is 4.90 Å². The van der Waals surface area contributed by atoms with Crippen molar-refractivity contribution >= 4 is 11.9 Å². The largest absolute Gasteiger partial charge is 0.508 e. The zero-order chi connectivity index (χ0) is 16.3. The first-order valence-electron chi connectivity index (χ1n) is 7.40. The summed E-state index contributed by atoms with van der Waals surface area (Å²) in [6.07, 6.45) is 2.98. The quantitative estimate of drug-likeness (QED) is 0.835. The van der Waals surface area contributed by atoms with Crippen LogP contribution in [0.1, 0.15) is 43.5 Å². The normalized spacial score (nSPS) is 21.5. The van der Waals surface area contributed by atoms with Crippen LogP contribution < -0.4 is 0 Å². The molecule has 1 aliphatic rings. The van der Waals surface area contributed by atoms with Gasteiger partial charge < -0.3 is 19.8 Å². The third-order valence-electron chi connectivity index (χ3n) is 4.01. The third-order valence-corrected chi connectivity index (χ3v) is 4.01. The minimum atomic E-state index is -0.789. The molecule has 0 radical (unpaired) electrons. The second-order valence-corrected chi connectivity index (χ2v) is 5.71. The van der Waals surface area contributed by atoms with Crippen LogP contribution in [0.25, 0.3) is 0 Å². The lowest BCUT2D eigenvalue weighted by molar-refractivity contribution is -0.140. The SMILES string of the molecule is C[C@@H]1CCC[C@H](C)N1C(=O)COC(=O)c1ccc(O)cc1O. The molecule has 0 spiro atoms. The van der Waals surface area contributed by atoms with Gasteiger partial charge in [-0.15, -0.1) is 0 Å². The van der Waals surface area contributed by atoms with E-state index in [1.54, 1.807) is 4.90 Å². The number of hydrogen-bond donors (Lipinski definition) is 2. The van der Waals surface area contributed by atoms with E-state index in [0.29, 0.717) is 0 Å². The van der Waals surface area contributed by atoms with Gasteiger partial charge in [-0.3, -0.25) is 4.79 Å². The van der Waals surface area contributed by atoms with Crippen molar-refractivity contribution in [2.24, 2.45) is 0 Å². The van der Waals surface area contributed by atoms with E-state index in [-0.39, 0.29) is 41.7 Å². The number of carbonyl (C=O) groups excluding carboxylic acids is 2. The monoisotopic (exact) mass is 307 g/mol. The minimum absolute atomic E-state index is 0.0784. The Balaban J connectivity index is 1.97. The molecule has 1 heterocycles. The van der Waals surface area contributed by atoms with E-state index in [1.165, 1.54) is 12.1 Å². The lowest BCUT2D eigenvalue weighted by atomic mass is 9.97. The molecule has 1 saturated heterocycles. The average Bonchev–Trinajstić information content (AvgIpc) is 2.44. The van der Waals surface area contributed by atoms with Crippen LogP contribution in [-0.4, -0.2) is 45.7 Å². The maximum absolute atomic E-state index is 12.2. The number of rotatable bonds is 3. The van der Waals surface area contributed by atoms with E-state index < -0.39 is 5.97 Å². The second kappa shape index (κ2) is 6.68. The fourth-order valence-corrected chi connectivity index (χ4v) is 2.89. The van der Waals surface area contributed by atoms with Gasteiger partial charge in [0.2, 0.25) is 0 Å². The molecule has 2 atom stereocenters. The van der Waals surface area contributed by atoms with Crippen LogP contribution in [0, 0.1) is 0 Å². The van der Waals surface area contributed by atoms with E-state index >= 15 is 0 Å². The highest BCUT2D eigenvalue weighted by Gasteiger charge is 2.29. The van der Waals surface area contributed by atoms with Gasteiger partial charge in [0, 0.05) is 18.2 Å². The molecule has 22 heavy (non-hydrogen) atoms. The van der Waals surface area contributed by atoms with E-state index in [1.807, 2.05) is 13.8 Å². The number of phenols is 2.